The van der Waals surface area contributed by atoms with Crippen LogP contribution >= 0.6 is 0 Å². The van der Waals surface area contributed by atoms with Gasteiger partial charge >= 0.3 is 0 Å². The molecule has 1 spiro atoms. The molecule has 2 aliphatic rings. The average Bonchev–Trinajstić information content (AvgIpc) is 2.85. The van der Waals surface area contributed by atoms with Crippen molar-refractivity contribution in [3.63, 3.8) is 0 Å². The Bertz CT molecular complexity index is 470. The van der Waals surface area contributed by atoms with Crippen molar-refractivity contribution in [3.8, 4) is 0 Å². The van der Waals surface area contributed by atoms with Gasteiger partial charge in [-0.1, -0.05) is 17.7 Å². The molecule has 1 aliphatic heterocycles. The molecular formula is C15H19FO3. The zero-order chi connectivity index (χ0) is 13.5. The van der Waals surface area contributed by atoms with Crippen LogP contribution in [-0.4, -0.2) is 24.1 Å². The summed E-state index contributed by atoms with van der Waals surface area (Å²) in [6.45, 7) is 3.12. The van der Waals surface area contributed by atoms with Crippen molar-refractivity contribution in [2.75, 3.05) is 13.2 Å². The zero-order valence-electron chi connectivity index (χ0n) is 11.1. The van der Waals surface area contributed by atoms with E-state index >= 15 is 0 Å². The summed E-state index contributed by atoms with van der Waals surface area (Å²) in [5, 5.41) is 10.7. The minimum atomic E-state index is -1.10. The van der Waals surface area contributed by atoms with Crippen molar-refractivity contribution >= 4 is 0 Å². The molecule has 0 amide bonds. The molecule has 3 rings (SSSR count). The maximum absolute atomic E-state index is 13.9. The third-order valence-electron chi connectivity index (χ3n) is 4.28. The van der Waals surface area contributed by atoms with Gasteiger partial charge < -0.3 is 14.6 Å². The van der Waals surface area contributed by atoms with Gasteiger partial charge in [-0.15, -0.1) is 0 Å². The van der Waals surface area contributed by atoms with E-state index in [4.69, 9.17) is 9.47 Å². The Hall–Kier alpha value is -0.970. The summed E-state index contributed by atoms with van der Waals surface area (Å²) >= 11 is 0. The molecule has 0 bridgehead atoms. The Labute approximate surface area is 112 Å². The zero-order valence-corrected chi connectivity index (χ0v) is 11.1. The van der Waals surface area contributed by atoms with E-state index in [1.807, 2.05) is 6.92 Å². The van der Waals surface area contributed by atoms with Crippen LogP contribution < -0.4 is 0 Å². The lowest BCUT2D eigenvalue weighted by atomic mass is 9.76. The first-order valence-electron chi connectivity index (χ1n) is 6.80. The van der Waals surface area contributed by atoms with Gasteiger partial charge in [-0.3, -0.25) is 0 Å². The molecule has 0 radical (unpaired) electrons. The summed E-state index contributed by atoms with van der Waals surface area (Å²) < 4.78 is 25.2. The Morgan fingerprint density at radius 3 is 2.37 bits per heavy atom. The number of aliphatic hydroxyl groups is 1. The SMILES string of the molecule is Cc1ccc(F)c(C2(O)CCC3(CC2)OCCO3)c1. The molecule has 3 nitrogen and oxygen atoms in total. The number of hydrogen-bond donors (Lipinski definition) is 1. The molecule has 1 aliphatic carbocycles. The van der Waals surface area contributed by atoms with E-state index in [1.165, 1.54) is 6.07 Å². The van der Waals surface area contributed by atoms with E-state index in [2.05, 4.69) is 0 Å². The molecule has 1 aromatic rings. The summed E-state index contributed by atoms with van der Waals surface area (Å²) in [5.41, 5.74) is 0.259. The normalized spacial score (nSPS) is 24.8. The van der Waals surface area contributed by atoms with Crippen LogP contribution in [0.15, 0.2) is 18.2 Å². The standard InChI is InChI=1S/C15H19FO3/c1-11-2-3-13(16)12(10-11)14(17)4-6-15(7-5-14)18-8-9-19-15/h2-3,10,17H,4-9H2,1H3. The van der Waals surface area contributed by atoms with E-state index in [1.54, 1.807) is 12.1 Å². The fourth-order valence-electron chi connectivity index (χ4n) is 3.10. The van der Waals surface area contributed by atoms with Crippen molar-refractivity contribution in [2.45, 2.75) is 44.0 Å². The minimum absolute atomic E-state index is 0.336. The topological polar surface area (TPSA) is 38.7 Å². The summed E-state index contributed by atoms with van der Waals surface area (Å²) in [6.07, 6.45) is 2.15. The van der Waals surface area contributed by atoms with Crippen molar-refractivity contribution in [3.05, 3.63) is 35.1 Å². The molecule has 0 unspecified atom stereocenters. The molecule has 1 heterocycles. The first-order chi connectivity index (χ1) is 9.03. The summed E-state index contributed by atoms with van der Waals surface area (Å²) in [7, 11) is 0. The largest absolute Gasteiger partial charge is 0.385 e. The van der Waals surface area contributed by atoms with Crippen LogP contribution in [0.1, 0.15) is 36.8 Å². The van der Waals surface area contributed by atoms with Crippen LogP contribution in [-0.2, 0) is 15.1 Å². The molecular weight excluding hydrogens is 247 g/mol. The monoisotopic (exact) mass is 266 g/mol. The lowest BCUT2D eigenvalue weighted by molar-refractivity contribution is -0.204. The van der Waals surface area contributed by atoms with Crippen LogP contribution in [0.5, 0.6) is 0 Å². The van der Waals surface area contributed by atoms with Crippen LogP contribution in [0.2, 0.25) is 0 Å². The molecule has 4 heteroatoms. The highest BCUT2D eigenvalue weighted by Crippen LogP contribution is 2.45. The van der Waals surface area contributed by atoms with Crippen molar-refractivity contribution in [1.82, 2.24) is 0 Å². The fourth-order valence-corrected chi connectivity index (χ4v) is 3.10. The summed E-state index contributed by atoms with van der Waals surface area (Å²) in [6, 6.07) is 4.88. The van der Waals surface area contributed by atoms with Gasteiger partial charge in [0.05, 0.1) is 18.8 Å². The molecule has 0 aromatic heterocycles. The second-order valence-electron chi connectivity index (χ2n) is 5.62. The third kappa shape index (κ3) is 2.29. The van der Waals surface area contributed by atoms with Gasteiger partial charge in [-0.05, 0) is 25.8 Å². The molecule has 1 aromatic carbocycles. The van der Waals surface area contributed by atoms with Crippen LogP contribution in [0, 0.1) is 12.7 Å². The maximum Gasteiger partial charge on any atom is 0.168 e. The van der Waals surface area contributed by atoms with Gasteiger partial charge in [0.2, 0.25) is 0 Å². The Morgan fingerprint density at radius 1 is 1.11 bits per heavy atom. The molecule has 19 heavy (non-hydrogen) atoms. The Kier molecular flexibility index (Phi) is 3.12. The molecule has 1 N–H and O–H groups in total. The number of benzene rings is 1. The highest BCUT2D eigenvalue weighted by atomic mass is 19.1. The minimum Gasteiger partial charge on any atom is -0.385 e. The number of halogens is 1. The third-order valence-corrected chi connectivity index (χ3v) is 4.28. The first kappa shape index (κ1) is 13.0. The Balaban J connectivity index is 1.83. The van der Waals surface area contributed by atoms with E-state index in [0.717, 1.165) is 5.56 Å². The highest BCUT2D eigenvalue weighted by Gasteiger charge is 2.46. The molecule has 1 saturated heterocycles. The van der Waals surface area contributed by atoms with E-state index < -0.39 is 11.4 Å². The molecule has 104 valence electrons. The number of ether oxygens (including phenoxy) is 2. The second-order valence-corrected chi connectivity index (χ2v) is 5.62. The van der Waals surface area contributed by atoms with Crippen LogP contribution in [0.3, 0.4) is 0 Å². The lowest BCUT2D eigenvalue weighted by Crippen LogP contribution is -2.42. The van der Waals surface area contributed by atoms with Crippen molar-refractivity contribution < 1.29 is 19.0 Å². The lowest BCUT2D eigenvalue weighted by Gasteiger charge is -2.41. The predicted octanol–water partition coefficient (Wildman–Crippen LogP) is 2.64. The molecule has 0 atom stereocenters. The van der Waals surface area contributed by atoms with E-state index in [0.29, 0.717) is 44.5 Å². The maximum atomic E-state index is 13.9. The van der Waals surface area contributed by atoms with E-state index in [-0.39, 0.29) is 5.82 Å². The summed E-state index contributed by atoms with van der Waals surface area (Å²) in [5.74, 6) is -0.871. The van der Waals surface area contributed by atoms with Crippen molar-refractivity contribution in [2.24, 2.45) is 0 Å². The number of aryl methyl sites for hydroxylation is 1. The average molecular weight is 266 g/mol. The predicted molar refractivity (Wildman–Crippen MR) is 68.1 cm³/mol. The van der Waals surface area contributed by atoms with Crippen molar-refractivity contribution in [1.29, 1.82) is 0 Å². The van der Waals surface area contributed by atoms with Crippen LogP contribution in [0.4, 0.5) is 4.39 Å². The van der Waals surface area contributed by atoms with Gasteiger partial charge in [0, 0.05) is 18.4 Å². The van der Waals surface area contributed by atoms with Gasteiger partial charge in [0.15, 0.2) is 5.79 Å². The highest BCUT2D eigenvalue weighted by molar-refractivity contribution is 5.29. The summed E-state index contributed by atoms with van der Waals surface area (Å²) in [4.78, 5) is 0. The molecule has 1 saturated carbocycles. The van der Waals surface area contributed by atoms with Gasteiger partial charge in [-0.2, -0.15) is 0 Å². The number of hydrogen-bond acceptors (Lipinski definition) is 3. The van der Waals surface area contributed by atoms with Gasteiger partial charge in [-0.25, -0.2) is 4.39 Å². The quantitative estimate of drug-likeness (QED) is 0.849. The van der Waals surface area contributed by atoms with Gasteiger partial charge in [0.1, 0.15) is 5.82 Å². The van der Waals surface area contributed by atoms with Gasteiger partial charge in [0.25, 0.3) is 0 Å². The molecule has 2 fully saturated rings. The first-order valence-corrected chi connectivity index (χ1v) is 6.80. The Morgan fingerprint density at radius 2 is 1.74 bits per heavy atom. The van der Waals surface area contributed by atoms with Crippen LogP contribution in [0.25, 0.3) is 0 Å². The number of rotatable bonds is 1. The van der Waals surface area contributed by atoms with E-state index in [9.17, 15) is 9.50 Å². The smallest absolute Gasteiger partial charge is 0.168 e. The fraction of sp³-hybridized carbons (Fsp3) is 0.600. The second kappa shape index (κ2) is 4.54.